The standard InChI is InChI=1S/C10H19N3O3/c1-8(13(3)5-6-16-4)7-9(11-2)10(14)12-15/h7,15H,5-6H2,1-4H3,(H,12,14). The van der Waals surface area contributed by atoms with Gasteiger partial charge >= 0.3 is 0 Å². The highest BCUT2D eigenvalue weighted by molar-refractivity contribution is 6.43. The zero-order valence-electron chi connectivity index (χ0n) is 10.1. The van der Waals surface area contributed by atoms with Crippen LogP contribution in [0.1, 0.15) is 6.92 Å². The number of methoxy groups -OCH3 is 1. The zero-order valence-corrected chi connectivity index (χ0v) is 10.1. The molecule has 16 heavy (non-hydrogen) atoms. The molecule has 2 N–H and O–H groups in total. The van der Waals surface area contributed by atoms with Crippen molar-refractivity contribution in [3.05, 3.63) is 11.8 Å². The van der Waals surface area contributed by atoms with E-state index >= 15 is 0 Å². The molecule has 0 aliphatic carbocycles. The van der Waals surface area contributed by atoms with Crippen LogP contribution >= 0.6 is 0 Å². The van der Waals surface area contributed by atoms with Gasteiger partial charge in [0.05, 0.1) is 6.61 Å². The second-order valence-corrected chi connectivity index (χ2v) is 3.25. The van der Waals surface area contributed by atoms with Crippen molar-refractivity contribution in [2.45, 2.75) is 6.92 Å². The predicted octanol–water partition coefficient (Wildman–Crippen LogP) is 0.0446. The van der Waals surface area contributed by atoms with Crippen molar-refractivity contribution in [2.75, 3.05) is 34.4 Å². The maximum atomic E-state index is 11.1. The Balaban J connectivity index is 4.55. The van der Waals surface area contributed by atoms with Crippen molar-refractivity contribution < 1.29 is 14.7 Å². The minimum absolute atomic E-state index is 0.171. The van der Waals surface area contributed by atoms with Crippen molar-refractivity contribution >= 4 is 11.6 Å². The Morgan fingerprint density at radius 3 is 2.69 bits per heavy atom. The molecule has 0 aromatic carbocycles. The van der Waals surface area contributed by atoms with Crippen LogP contribution in [0.25, 0.3) is 0 Å². The predicted molar refractivity (Wildman–Crippen MR) is 61.6 cm³/mol. The summed E-state index contributed by atoms with van der Waals surface area (Å²) >= 11 is 0. The van der Waals surface area contributed by atoms with Crippen molar-refractivity contribution in [1.82, 2.24) is 10.4 Å². The SMILES string of the molecule is CN=C(C=C(C)N(C)CCOC)C(=O)NO. The van der Waals surface area contributed by atoms with Crippen LogP contribution in [0.2, 0.25) is 0 Å². The van der Waals surface area contributed by atoms with E-state index in [0.717, 1.165) is 12.2 Å². The van der Waals surface area contributed by atoms with Gasteiger partial charge in [0, 0.05) is 33.4 Å². The molecule has 0 fully saturated rings. The summed E-state index contributed by atoms with van der Waals surface area (Å²) in [4.78, 5) is 16.8. The summed E-state index contributed by atoms with van der Waals surface area (Å²) < 4.78 is 4.94. The summed E-state index contributed by atoms with van der Waals surface area (Å²) in [5.41, 5.74) is 2.58. The van der Waals surface area contributed by atoms with Crippen LogP contribution in [0.3, 0.4) is 0 Å². The Morgan fingerprint density at radius 1 is 1.62 bits per heavy atom. The number of nitrogens with zero attached hydrogens (tertiary/aromatic N) is 2. The molecule has 0 atom stereocenters. The van der Waals surface area contributed by atoms with Crippen LogP contribution in [0.15, 0.2) is 16.8 Å². The second-order valence-electron chi connectivity index (χ2n) is 3.25. The van der Waals surface area contributed by atoms with E-state index < -0.39 is 5.91 Å². The molecule has 0 aromatic rings. The Kier molecular flexibility index (Phi) is 7.15. The number of hydrogen-bond acceptors (Lipinski definition) is 5. The quantitative estimate of drug-likeness (QED) is 0.383. The Morgan fingerprint density at radius 2 is 2.25 bits per heavy atom. The van der Waals surface area contributed by atoms with Gasteiger partial charge in [0.1, 0.15) is 5.71 Å². The number of aliphatic imine (C=N–C) groups is 1. The summed E-state index contributed by atoms with van der Waals surface area (Å²) in [6.45, 7) is 3.18. The van der Waals surface area contributed by atoms with Gasteiger partial charge in [0.2, 0.25) is 0 Å². The van der Waals surface area contributed by atoms with Gasteiger partial charge in [0.25, 0.3) is 5.91 Å². The molecule has 0 heterocycles. The van der Waals surface area contributed by atoms with E-state index in [-0.39, 0.29) is 5.71 Å². The summed E-state index contributed by atoms with van der Waals surface area (Å²) in [5.74, 6) is -0.623. The molecule has 0 aliphatic rings. The summed E-state index contributed by atoms with van der Waals surface area (Å²) in [6.07, 6.45) is 1.60. The molecule has 6 heteroatoms. The molecule has 1 amide bonds. The first-order valence-corrected chi connectivity index (χ1v) is 4.86. The van der Waals surface area contributed by atoms with Crippen LogP contribution in [-0.2, 0) is 9.53 Å². The van der Waals surface area contributed by atoms with Crippen LogP contribution in [0, 0.1) is 0 Å². The van der Waals surface area contributed by atoms with Crippen molar-refractivity contribution in [3.63, 3.8) is 0 Å². The number of likely N-dealkylation sites (N-methyl/N-ethyl adjacent to an activating group) is 1. The smallest absolute Gasteiger partial charge is 0.292 e. The zero-order chi connectivity index (χ0) is 12.6. The fraction of sp³-hybridized carbons (Fsp3) is 0.600. The molecular formula is C10H19N3O3. The molecule has 0 aromatic heterocycles. The minimum atomic E-state index is -0.623. The van der Waals surface area contributed by atoms with Crippen LogP contribution < -0.4 is 5.48 Å². The molecule has 6 nitrogen and oxygen atoms in total. The fourth-order valence-electron chi connectivity index (χ4n) is 1.00. The van der Waals surface area contributed by atoms with Crippen molar-refractivity contribution in [2.24, 2.45) is 4.99 Å². The molecule has 0 bridgehead atoms. The number of ether oxygens (including phenoxy) is 1. The second kappa shape index (κ2) is 7.84. The van der Waals surface area contributed by atoms with Gasteiger partial charge in [-0.25, -0.2) is 5.48 Å². The summed E-state index contributed by atoms with van der Waals surface area (Å²) in [5, 5.41) is 8.49. The normalized spacial score (nSPS) is 12.6. The summed E-state index contributed by atoms with van der Waals surface area (Å²) in [7, 11) is 5.00. The Hall–Kier alpha value is -1.40. The number of allylic oxidation sites excluding steroid dienone is 1. The van der Waals surface area contributed by atoms with Gasteiger partial charge in [-0.05, 0) is 13.0 Å². The first-order chi connectivity index (χ1) is 7.56. The third kappa shape index (κ3) is 4.90. The molecule has 0 saturated heterocycles. The average molecular weight is 229 g/mol. The van der Waals surface area contributed by atoms with Crippen LogP contribution in [-0.4, -0.2) is 56.1 Å². The molecule has 0 radical (unpaired) electrons. The number of amides is 1. The Labute approximate surface area is 95.6 Å². The molecule has 0 spiro atoms. The van der Waals surface area contributed by atoms with Gasteiger partial charge < -0.3 is 9.64 Å². The monoisotopic (exact) mass is 229 g/mol. The van der Waals surface area contributed by atoms with Crippen molar-refractivity contribution in [1.29, 1.82) is 0 Å². The third-order valence-electron chi connectivity index (χ3n) is 2.15. The first-order valence-electron chi connectivity index (χ1n) is 4.86. The molecular weight excluding hydrogens is 210 g/mol. The third-order valence-corrected chi connectivity index (χ3v) is 2.15. The van der Waals surface area contributed by atoms with Crippen LogP contribution in [0.4, 0.5) is 0 Å². The van der Waals surface area contributed by atoms with E-state index in [2.05, 4.69) is 4.99 Å². The van der Waals surface area contributed by atoms with E-state index in [4.69, 9.17) is 9.94 Å². The fourth-order valence-corrected chi connectivity index (χ4v) is 1.00. The maximum absolute atomic E-state index is 11.1. The lowest BCUT2D eigenvalue weighted by atomic mass is 10.2. The number of hydroxylamine groups is 1. The van der Waals surface area contributed by atoms with Crippen LogP contribution in [0.5, 0.6) is 0 Å². The molecule has 0 aliphatic heterocycles. The first kappa shape index (κ1) is 14.6. The number of carbonyl (C=O) groups is 1. The lowest BCUT2D eigenvalue weighted by molar-refractivity contribution is -0.122. The van der Waals surface area contributed by atoms with E-state index in [9.17, 15) is 4.79 Å². The topological polar surface area (TPSA) is 74.2 Å². The van der Waals surface area contributed by atoms with Gasteiger partial charge in [-0.15, -0.1) is 0 Å². The van der Waals surface area contributed by atoms with Gasteiger partial charge in [-0.1, -0.05) is 0 Å². The highest BCUT2D eigenvalue weighted by Crippen LogP contribution is 2.00. The lowest BCUT2D eigenvalue weighted by Crippen LogP contribution is -2.28. The number of rotatable bonds is 6. The van der Waals surface area contributed by atoms with E-state index in [1.165, 1.54) is 7.05 Å². The van der Waals surface area contributed by atoms with E-state index in [1.54, 1.807) is 18.7 Å². The van der Waals surface area contributed by atoms with Gasteiger partial charge in [-0.3, -0.25) is 15.0 Å². The highest BCUT2D eigenvalue weighted by atomic mass is 16.5. The molecule has 0 rings (SSSR count). The molecule has 0 unspecified atom stereocenters. The minimum Gasteiger partial charge on any atom is -0.383 e. The largest absolute Gasteiger partial charge is 0.383 e. The molecule has 0 saturated carbocycles. The Bertz CT molecular complexity index is 287. The average Bonchev–Trinajstić information content (AvgIpc) is 2.31. The highest BCUT2D eigenvalue weighted by Gasteiger charge is 2.08. The van der Waals surface area contributed by atoms with Gasteiger partial charge in [0.15, 0.2) is 0 Å². The van der Waals surface area contributed by atoms with Gasteiger partial charge in [-0.2, -0.15) is 0 Å². The lowest BCUT2D eigenvalue weighted by Gasteiger charge is -2.19. The van der Waals surface area contributed by atoms with E-state index in [0.29, 0.717) is 6.61 Å². The number of carbonyl (C=O) groups excluding carboxylic acids is 1. The number of nitrogens with one attached hydrogen (secondary N) is 1. The van der Waals surface area contributed by atoms with Crippen molar-refractivity contribution in [3.8, 4) is 0 Å². The summed E-state index contributed by atoms with van der Waals surface area (Å²) in [6, 6.07) is 0. The maximum Gasteiger partial charge on any atom is 0.292 e. The number of hydrogen-bond donors (Lipinski definition) is 2. The van der Waals surface area contributed by atoms with E-state index in [1.807, 2.05) is 18.9 Å². The molecule has 92 valence electrons.